The van der Waals surface area contributed by atoms with Crippen molar-refractivity contribution in [3.63, 3.8) is 0 Å². The van der Waals surface area contributed by atoms with E-state index in [4.69, 9.17) is 10.5 Å². The van der Waals surface area contributed by atoms with Crippen LogP contribution in [0.4, 0.5) is 0 Å². The molecule has 0 spiro atoms. The minimum Gasteiger partial charge on any atom is -0.368 e. The van der Waals surface area contributed by atoms with E-state index >= 15 is 0 Å². The number of rotatable bonds is 4. The van der Waals surface area contributed by atoms with Crippen molar-refractivity contribution in [2.75, 3.05) is 32.8 Å². The van der Waals surface area contributed by atoms with Gasteiger partial charge < -0.3 is 20.3 Å². The minimum absolute atomic E-state index is 0.0611. The maximum Gasteiger partial charge on any atom is 0.251 e. The summed E-state index contributed by atoms with van der Waals surface area (Å²) in [5, 5.41) is 0. The van der Waals surface area contributed by atoms with Gasteiger partial charge in [0.15, 0.2) is 0 Å². The molecule has 0 saturated carbocycles. The molecule has 0 aliphatic carbocycles. The zero-order valence-electron chi connectivity index (χ0n) is 12.2. The largest absolute Gasteiger partial charge is 0.368 e. The van der Waals surface area contributed by atoms with Crippen LogP contribution in [0.3, 0.4) is 0 Å². The first-order valence-corrected chi connectivity index (χ1v) is 7.55. The lowest BCUT2D eigenvalue weighted by molar-refractivity contribution is -0.146. The molecule has 2 unspecified atom stereocenters. The van der Waals surface area contributed by atoms with Crippen LogP contribution in [0.25, 0.3) is 0 Å². The van der Waals surface area contributed by atoms with Gasteiger partial charge in [-0.15, -0.1) is 0 Å². The first-order valence-electron chi connectivity index (χ1n) is 7.55. The lowest BCUT2D eigenvalue weighted by atomic mass is 10.1. The van der Waals surface area contributed by atoms with Gasteiger partial charge in [-0.1, -0.05) is 6.92 Å². The Bertz CT molecular complexity index is 348. The van der Waals surface area contributed by atoms with Gasteiger partial charge >= 0.3 is 0 Å². The number of ether oxygens (including phenoxy) is 1. The van der Waals surface area contributed by atoms with Crippen LogP contribution in [0.5, 0.6) is 0 Å². The number of hydrogen-bond donors (Lipinski definition) is 1. The maximum absolute atomic E-state index is 12.2. The molecule has 0 aromatic rings. The topological polar surface area (TPSA) is 75.9 Å². The highest BCUT2D eigenvalue weighted by atomic mass is 16.5. The fourth-order valence-corrected chi connectivity index (χ4v) is 2.65. The van der Waals surface area contributed by atoms with Crippen molar-refractivity contribution >= 4 is 11.8 Å². The van der Waals surface area contributed by atoms with Crippen molar-refractivity contribution in [1.82, 2.24) is 9.80 Å². The Kier molecular flexibility index (Phi) is 5.37. The first kappa shape index (κ1) is 15.3. The van der Waals surface area contributed by atoms with Crippen LogP contribution < -0.4 is 5.73 Å². The lowest BCUT2D eigenvalue weighted by Gasteiger charge is -2.36. The second kappa shape index (κ2) is 7.04. The molecule has 2 atom stereocenters. The quantitative estimate of drug-likeness (QED) is 0.786. The zero-order valence-corrected chi connectivity index (χ0v) is 12.2. The van der Waals surface area contributed by atoms with Crippen molar-refractivity contribution in [3.8, 4) is 0 Å². The summed E-state index contributed by atoms with van der Waals surface area (Å²) in [5.74, 6) is 0.184. The molecule has 2 fully saturated rings. The van der Waals surface area contributed by atoms with E-state index in [1.807, 2.05) is 16.7 Å². The standard InChI is InChI=1S/C14H25N3O3/c1-2-11(15)10-13(18)16-5-7-17(8-6-16)14(19)12-4-3-9-20-12/h11-12H,2-10,15H2,1H3. The summed E-state index contributed by atoms with van der Waals surface area (Å²) in [6.07, 6.45) is 2.73. The predicted octanol–water partition coefficient (Wildman–Crippen LogP) is -0.0364. The second-order valence-corrected chi connectivity index (χ2v) is 5.58. The number of nitrogens with two attached hydrogens (primary N) is 1. The Labute approximate surface area is 120 Å². The highest BCUT2D eigenvalue weighted by Crippen LogP contribution is 2.16. The van der Waals surface area contributed by atoms with Crippen molar-refractivity contribution in [3.05, 3.63) is 0 Å². The third-order valence-electron chi connectivity index (χ3n) is 4.11. The van der Waals surface area contributed by atoms with Crippen LogP contribution in [0.15, 0.2) is 0 Å². The van der Waals surface area contributed by atoms with E-state index in [-0.39, 0.29) is 24.0 Å². The molecular weight excluding hydrogens is 258 g/mol. The number of carbonyl (C=O) groups is 2. The zero-order chi connectivity index (χ0) is 14.5. The fourth-order valence-electron chi connectivity index (χ4n) is 2.65. The Balaban J connectivity index is 1.77. The molecule has 6 heteroatoms. The molecule has 2 amide bonds. The molecule has 2 N–H and O–H groups in total. The Hall–Kier alpha value is -1.14. The third kappa shape index (κ3) is 3.70. The van der Waals surface area contributed by atoms with E-state index < -0.39 is 0 Å². The van der Waals surface area contributed by atoms with Gasteiger partial charge in [0.05, 0.1) is 0 Å². The number of nitrogens with zero attached hydrogens (tertiary/aromatic N) is 2. The molecular formula is C14H25N3O3. The SMILES string of the molecule is CCC(N)CC(=O)N1CCN(C(=O)C2CCCO2)CC1. The molecule has 114 valence electrons. The summed E-state index contributed by atoms with van der Waals surface area (Å²) in [5.41, 5.74) is 5.81. The van der Waals surface area contributed by atoms with Gasteiger partial charge in [-0.05, 0) is 19.3 Å². The van der Waals surface area contributed by atoms with Crippen LogP contribution in [-0.2, 0) is 14.3 Å². The molecule has 2 aliphatic heterocycles. The molecule has 2 rings (SSSR count). The summed E-state index contributed by atoms with van der Waals surface area (Å²) in [4.78, 5) is 27.8. The Morgan fingerprint density at radius 1 is 1.25 bits per heavy atom. The lowest BCUT2D eigenvalue weighted by Crippen LogP contribution is -2.53. The van der Waals surface area contributed by atoms with Gasteiger partial charge in [0, 0.05) is 45.2 Å². The highest BCUT2D eigenvalue weighted by Gasteiger charge is 2.31. The number of amides is 2. The van der Waals surface area contributed by atoms with Gasteiger partial charge in [0.25, 0.3) is 5.91 Å². The third-order valence-corrected chi connectivity index (χ3v) is 4.11. The van der Waals surface area contributed by atoms with E-state index in [0.717, 1.165) is 19.3 Å². The van der Waals surface area contributed by atoms with Crippen LogP contribution in [0.1, 0.15) is 32.6 Å². The number of piperazine rings is 1. The summed E-state index contributed by atoms with van der Waals surface area (Å²) in [6.45, 7) is 5.08. The summed E-state index contributed by atoms with van der Waals surface area (Å²) in [6, 6.07) is -0.0611. The van der Waals surface area contributed by atoms with E-state index in [2.05, 4.69) is 0 Å². The van der Waals surface area contributed by atoms with Gasteiger partial charge in [0.2, 0.25) is 5.91 Å². The average molecular weight is 283 g/mol. The van der Waals surface area contributed by atoms with Crippen LogP contribution in [0.2, 0.25) is 0 Å². The van der Waals surface area contributed by atoms with E-state index in [9.17, 15) is 9.59 Å². The van der Waals surface area contributed by atoms with Gasteiger partial charge in [-0.3, -0.25) is 9.59 Å². The van der Waals surface area contributed by atoms with Crippen molar-refractivity contribution < 1.29 is 14.3 Å². The van der Waals surface area contributed by atoms with Crippen molar-refractivity contribution in [1.29, 1.82) is 0 Å². The van der Waals surface area contributed by atoms with Gasteiger partial charge in [-0.25, -0.2) is 0 Å². The fraction of sp³-hybridized carbons (Fsp3) is 0.857. The number of hydrogen-bond acceptors (Lipinski definition) is 4. The number of carbonyl (C=O) groups excluding carboxylic acids is 2. The molecule has 0 radical (unpaired) electrons. The summed E-state index contributed by atoms with van der Waals surface area (Å²) in [7, 11) is 0. The van der Waals surface area contributed by atoms with Crippen molar-refractivity contribution in [2.24, 2.45) is 5.73 Å². The Morgan fingerprint density at radius 2 is 1.90 bits per heavy atom. The Morgan fingerprint density at radius 3 is 2.45 bits per heavy atom. The molecule has 2 saturated heterocycles. The smallest absolute Gasteiger partial charge is 0.251 e. The normalized spacial score (nSPS) is 24.8. The van der Waals surface area contributed by atoms with Crippen molar-refractivity contribution in [2.45, 2.75) is 44.8 Å². The van der Waals surface area contributed by atoms with Crippen LogP contribution >= 0.6 is 0 Å². The monoisotopic (exact) mass is 283 g/mol. The highest BCUT2D eigenvalue weighted by molar-refractivity contribution is 5.82. The minimum atomic E-state index is -0.259. The van der Waals surface area contributed by atoms with Crippen LogP contribution in [0, 0.1) is 0 Å². The average Bonchev–Trinajstić information content (AvgIpc) is 3.00. The maximum atomic E-state index is 12.2. The first-order chi connectivity index (χ1) is 9.61. The molecule has 20 heavy (non-hydrogen) atoms. The van der Waals surface area contributed by atoms with E-state index in [1.54, 1.807) is 0 Å². The molecule has 2 aliphatic rings. The van der Waals surface area contributed by atoms with Gasteiger partial charge in [-0.2, -0.15) is 0 Å². The molecule has 6 nitrogen and oxygen atoms in total. The van der Waals surface area contributed by atoms with Gasteiger partial charge in [0.1, 0.15) is 6.10 Å². The van der Waals surface area contributed by atoms with Crippen LogP contribution in [-0.4, -0.2) is 66.5 Å². The molecule has 0 aromatic heterocycles. The second-order valence-electron chi connectivity index (χ2n) is 5.58. The van der Waals surface area contributed by atoms with E-state index in [1.165, 1.54) is 0 Å². The molecule has 0 bridgehead atoms. The summed E-state index contributed by atoms with van der Waals surface area (Å²) >= 11 is 0. The molecule has 2 heterocycles. The molecule has 0 aromatic carbocycles. The summed E-state index contributed by atoms with van der Waals surface area (Å²) < 4.78 is 5.42. The predicted molar refractivity (Wildman–Crippen MR) is 75.0 cm³/mol. The van der Waals surface area contributed by atoms with E-state index in [0.29, 0.717) is 39.2 Å².